The van der Waals surface area contributed by atoms with E-state index in [1.807, 2.05) is 27.9 Å². The Bertz CT molecular complexity index is 496. The van der Waals surface area contributed by atoms with E-state index in [0.29, 0.717) is 30.8 Å². The van der Waals surface area contributed by atoms with Crippen molar-refractivity contribution in [2.24, 2.45) is 0 Å². The Morgan fingerprint density at radius 3 is 2.32 bits per heavy atom. The van der Waals surface area contributed by atoms with Gasteiger partial charge < -0.3 is 15.1 Å². The molecule has 2 amide bonds. The van der Waals surface area contributed by atoms with E-state index in [-0.39, 0.29) is 11.8 Å². The lowest BCUT2D eigenvalue weighted by Gasteiger charge is -2.18. The van der Waals surface area contributed by atoms with Crippen molar-refractivity contribution in [1.82, 2.24) is 15.1 Å². The second kappa shape index (κ2) is 9.20. The van der Waals surface area contributed by atoms with Gasteiger partial charge in [0.05, 0.1) is 0 Å². The summed E-state index contributed by atoms with van der Waals surface area (Å²) in [7, 11) is 4.01. The van der Waals surface area contributed by atoms with Gasteiger partial charge in [-0.1, -0.05) is 6.07 Å². The third kappa shape index (κ3) is 5.48. The molecular weight excluding hydrogens is 278 g/mol. The summed E-state index contributed by atoms with van der Waals surface area (Å²) >= 11 is 0. The minimum absolute atomic E-state index is 0.0349. The van der Waals surface area contributed by atoms with Crippen molar-refractivity contribution in [1.29, 1.82) is 0 Å². The molecule has 0 aliphatic heterocycles. The molecule has 0 radical (unpaired) electrons. The van der Waals surface area contributed by atoms with Crippen LogP contribution in [0.25, 0.3) is 0 Å². The molecule has 5 nitrogen and oxygen atoms in total. The molecule has 22 heavy (non-hydrogen) atoms. The first-order chi connectivity index (χ1) is 10.5. The van der Waals surface area contributed by atoms with Crippen LogP contribution in [-0.2, 0) is 0 Å². The minimum atomic E-state index is -0.132. The van der Waals surface area contributed by atoms with E-state index in [4.69, 9.17) is 0 Å². The van der Waals surface area contributed by atoms with Gasteiger partial charge >= 0.3 is 0 Å². The molecule has 1 aromatic rings. The molecule has 0 bridgehead atoms. The van der Waals surface area contributed by atoms with Crippen LogP contribution in [0.4, 0.5) is 0 Å². The largest absolute Gasteiger partial charge is 0.352 e. The molecule has 1 aromatic carbocycles. The highest BCUT2D eigenvalue weighted by Gasteiger charge is 2.14. The van der Waals surface area contributed by atoms with Crippen LogP contribution in [-0.4, -0.2) is 61.9 Å². The summed E-state index contributed by atoms with van der Waals surface area (Å²) < 4.78 is 0. The number of nitrogens with one attached hydrogen (secondary N) is 1. The lowest BCUT2D eigenvalue weighted by molar-refractivity contribution is 0.0773. The zero-order chi connectivity index (χ0) is 16.5. The van der Waals surface area contributed by atoms with Gasteiger partial charge in [-0.3, -0.25) is 9.59 Å². The Hall–Kier alpha value is -1.88. The van der Waals surface area contributed by atoms with Gasteiger partial charge in [0.1, 0.15) is 0 Å². The Morgan fingerprint density at radius 1 is 1.09 bits per heavy atom. The molecule has 0 fully saturated rings. The van der Waals surface area contributed by atoms with Gasteiger partial charge in [-0.25, -0.2) is 0 Å². The number of hydrogen-bond acceptors (Lipinski definition) is 3. The smallest absolute Gasteiger partial charge is 0.253 e. The molecule has 0 aliphatic carbocycles. The van der Waals surface area contributed by atoms with Crippen LogP contribution in [0.3, 0.4) is 0 Å². The van der Waals surface area contributed by atoms with Crippen LogP contribution in [0.5, 0.6) is 0 Å². The van der Waals surface area contributed by atoms with E-state index < -0.39 is 0 Å². The van der Waals surface area contributed by atoms with Crippen molar-refractivity contribution in [2.75, 3.05) is 40.3 Å². The van der Waals surface area contributed by atoms with Crippen molar-refractivity contribution < 1.29 is 9.59 Å². The van der Waals surface area contributed by atoms with E-state index >= 15 is 0 Å². The summed E-state index contributed by atoms with van der Waals surface area (Å²) in [5.41, 5.74) is 1.09. The summed E-state index contributed by atoms with van der Waals surface area (Å²) in [5.74, 6) is -0.166. The van der Waals surface area contributed by atoms with Gasteiger partial charge in [0.15, 0.2) is 0 Å². The standard InChI is InChI=1S/C17H27N3O2/c1-5-20(6-2)17(22)15-10-7-9-14(13-15)16(21)18-11-8-12-19(3)4/h7,9-10,13H,5-6,8,11-12H2,1-4H3,(H,18,21). The molecule has 0 spiro atoms. The van der Waals surface area contributed by atoms with E-state index in [2.05, 4.69) is 10.2 Å². The number of carbonyl (C=O) groups excluding carboxylic acids is 2. The predicted octanol–water partition coefficient (Wildman–Crippen LogP) is 1.85. The summed E-state index contributed by atoms with van der Waals surface area (Å²) in [6.07, 6.45) is 0.900. The molecule has 0 unspecified atom stereocenters. The SMILES string of the molecule is CCN(CC)C(=O)c1cccc(C(=O)NCCCN(C)C)c1. The van der Waals surface area contributed by atoms with Gasteiger partial charge in [-0.2, -0.15) is 0 Å². The van der Waals surface area contributed by atoms with E-state index in [1.54, 1.807) is 29.2 Å². The van der Waals surface area contributed by atoms with E-state index in [0.717, 1.165) is 13.0 Å². The Labute approximate surface area is 133 Å². The van der Waals surface area contributed by atoms with Crippen LogP contribution >= 0.6 is 0 Å². The number of hydrogen-bond donors (Lipinski definition) is 1. The van der Waals surface area contributed by atoms with Crippen LogP contribution in [0.15, 0.2) is 24.3 Å². The van der Waals surface area contributed by atoms with E-state index in [1.165, 1.54) is 0 Å². The first kappa shape index (κ1) is 18.2. The van der Waals surface area contributed by atoms with Gasteiger partial charge in [-0.15, -0.1) is 0 Å². The molecular formula is C17H27N3O2. The van der Waals surface area contributed by atoms with Crippen LogP contribution in [0, 0.1) is 0 Å². The Kier molecular flexibility index (Phi) is 7.60. The monoisotopic (exact) mass is 305 g/mol. The zero-order valence-electron chi connectivity index (χ0n) is 14.1. The van der Waals surface area contributed by atoms with Crippen molar-refractivity contribution in [2.45, 2.75) is 20.3 Å². The highest BCUT2D eigenvalue weighted by molar-refractivity contribution is 5.99. The van der Waals surface area contributed by atoms with Crippen molar-refractivity contribution in [3.63, 3.8) is 0 Å². The highest BCUT2D eigenvalue weighted by Crippen LogP contribution is 2.09. The number of amides is 2. The Morgan fingerprint density at radius 2 is 1.73 bits per heavy atom. The van der Waals surface area contributed by atoms with Crippen molar-refractivity contribution in [3.8, 4) is 0 Å². The maximum absolute atomic E-state index is 12.3. The molecule has 1 rings (SSSR count). The summed E-state index contributed by atoms with van der Waals surface area (Å²) in [5, 5.41) is 2.89. The second-order valence-electron chi connectivity index (χ2n) is 5.47. The fraction of sp³-hybridized carbons (Fsp3) is 0.529. The van der Waals surface area contributed by atoms with Crippen LogP contribution in [0.2, 0.25) is 0 Å². The fourth-order valence-electron chi connectivity index (χ4n) is 2.19. The maximum atomic E-state index is 12.3. The molecule has 0 saturated carbocycles. The molecule has 0 atom stereocenters. The molecule has 122 valence electrons. The molecule has 0 aliphatic rings. The average Bonchev–Trinajstić information content (AvgIpc) is 2.52. The molecule has 0 aromatic heterocycles. The predicted molar refractivity (Wildman–Crippen MR) is 89.2 cm³/mol. The zero-order valence-corrected chi connectivity index (χ0v) is 14.1. The number of carbonyl (C=O) groups is 2. The van der Waals surface area contributed by atoms with E-state index in [9.17, 15) is 9.59 Å². The topological polar surface area (TPSA) is 52.7 Å². The average molecular weight is 305 g/mol. The molecule has 1 N–H and O–H groups in total. The third-order valence-electron chi connectivity index (χ3n) is 3.49. The second-order valence-corrected chi connectivity index (χ2v) is 5.47. The Balaban J connectivity index is 2.67. The number of rotatable bonds is 8. The quantitative estimate of drug-likeness (QED) is 0.746. The molecule has 0 heterocycles. The van der Waals surface area contributed by atoms with Gasteiger partial charge in [0.2, 0.25) is 0 Å². The summed E-state index contributed by atoms with van der Waals surface area (Å²) in [4.78, 5) is 28.3. The normalized spacial score (nSPS) is 10.6. The minimum Gasteiger partial charge on any atom is -0.352 e. The fourth-order valence-corrected chi connectivity index (χ4v) is 2.19. The van der Waals surface area contributed by atoms with Crippen molar-refractivity contribution in [3.05, 3.63) is 35.4 Å². The molecule has 0 saturated heterocycles. The van der Waals surface area contributed by atoms with Crippen molar-refractivity contribution >= 4 is 11.8 Å². The number of benzene rings is 1. The summed E-state index contributed by atoms with van der Waals surface area (Å²) in [6.45, 7) is 6.78. The lowest BCUT2D eigenvalue weighted by Crippen LogP contribution is -2.31. The van der Waals surface area contributed by atoms with Crippen LogP contribution in [0.1, 0.15) is 41.0 Å². The number of nitrogens with zero attached hydrogens (tertiary/aromatic N) is 2. The van der Waals surface area contributed by atoms with Crippen LogP contribution < -0.4 is 5.32 Å². The maximum Gasteiger partial charge on any atom is 0.253 e. The van der Waals surface area contributed by atoms with Gasteiger partial charge in [0.25, 0.3) is 11.8 Å². The molecule has 5 heteroatoms. The highest BCUT2D eigenvalue weighted by atomic mass is 16.2. The summed E-state index contributed by atoms with van der Waals surface area (Å²) in [6, 6.07) is 6.91. The first-order valence-electron chi connectivity index (χ1n) is 7.81. The first-order valence-corrected chi connectivity index (χ1v) is 7.81. The third-order valence-corrected chi connectivity index (χ3v) is 3.49. The van der Waals surface area contributed by atoms with Gasteiger partial charge in [0, 0.05) is 30.8 Å². The lowest BCUT2D eigenvalue weighted by atomic mass is 10.1. The van der Waals surface area contributed by atoms with Gasteiger partial charge in [-0.05, 0) is 59.1 Å².